The second kappa shape index (κ2) is 5.92. The zero-order valence-corrected chi connectivity index (χ0v) is 11.6. The van der Waals surface area contributed by atoms with E-state index in [1.807, 2.05) is 0 Å². The summed E-state index contributed by atoms with van der Waals surface area (Å²) in [6, 6.07) is 5.84. The predicted molar refractivity (Wildman–Crippen MR) is 76.8 cm³/mol. The van der Waals surface area contributed by atoms with Gasteiger partial charge in [0, 0.05) is 5.69 Å². The van der Waals surface area contributed by atoms with Crippen molar-refractivity contribution in [2.75, 3.05) is 18.4 Å². The third kappa shape index (κ3) is 3.18. The Bertz CT molecular complexity index is 474. The molecule has 3 nitrogen and oxygen atoms in total. The molecule has 3 atom stereocenters. The molecule has 0 radical (unpaired) electrons. The maximum absolute atomic E-state index is 12.7. The minimum Gasteiger partial charge on any atom is -0.325 e. The molecule has 0 saturated heterocycles. The summed E-state index contributed by atoms with van der Waals surface area (Å²) >= 11 is 0. The van der Waals surface area contributed by atoms with Gasteiger partial charge in [-0.25, -0.2) is 4.39 Å². The third-order valence-electron chi connectivity index (χ3n) is 4.70. The maximum atomic E-state index is 12.7. The summed E-state index contributed by atoms with van der Waals surface area (Å²) in [4.78, 5) is 11.8. The van der Waals surface area contributed by atoms with Crippen LogP contribution in [0, 0.1) is 23.6 Å². The van der Waals surface area contributed by atoms with Gasteiger partial charge in [-0.2, -0.15) is 0 Å². The highest BCUT2D eigenvalue weighted by molar-refractivity contribution is 5.92. The Morgan fingerprint density at radius 2 is 2.00 bits per heavy atom. The lowest BCUT2D eigenvalue weighted by atomic mass is 9.89. The van der Waals surface area contributed by atoms with Crippen LogP contribution in [0.4, 0.5) is 10.1 Å². The van der Waals surface area contributed by atoms with Crippen molar-refractivity contribution in [3.05, 3.63) is 30.1 Å². The quantitative estimate of drug-likeness (QED) is 0.868. The molecule has 0 aliphatic heterocycles. The Kier molecular flexibility index (Phi) is 4.01. The van der Waals surface area contributed by atoms with Crippen LogP contribution in [0.15, 0.2) is 24.3 Å². The molecule has 2 aliphatic rings. The van der Waals surface area contributed by atoms with Gasteiger partial charge in [-0.1, -0.05) is 6.42 Å². The van der Waals surface area contributed by atoms with E-state index in [9.17, 15) is 9.18 Å². The van der Waals surface area contributed by atoms with E-state index in [-0.39, 0.29) is 11.7 Å². The van der Waals surface area contributed by atoms with E-state index in [1.54, 1.807) is 12.1 Å². The number of nitrogens with one attached hydrogen (secondary N) is 2. The van der Waals surface area contributed by atoms with Crippen molar-refractivity contribution in [2.45, 2.75) is 25.7 Å². The SMILES string of the molecule is O=C(CNCC1CC2CCC1C2)Nc1ccc(F)cc1. The minimum absolute atomic E-state index is 0.0697. The molecule has 2 N–H and O–H groups in total. The summed E-state index contributed by atoms with van der Waals surface area (Å²) in [6.45, 7) is 1.27. The average Bonchev–Trinajstić information content (AvgIpc) is 3.04. The van der Waals surface area contributed by atoms with Gasteiger partial charge >= 0.3 is 0 Å². The lowest BCUT2D eigenvalue weighted by molar-refractivity contribution is -0.115. The highest BCUT2D eigenvalue weighted by atomic mass is 19.1. The van der Waals surface area contributed by atoms with Crippen LogP contribution in [0.1, 0.15) is 25.7 Å². The summed E-state index contributed by atoms with van der Waals surface area (Å²) in [5.41, 5.74) is 0.637. The lowest BCUT2D eigenvalue weighted by Crippen LogP contribution is -2.33. The van der Waals surface area contributed by atoms with Crippen LogP contribution in [-0.4, -0.2) is 19.0 Å². The third-order valence-corrected chi connectivity index (χ3v) is 4.70. The number of benzene rings is 1. The fourth-order valence-corrected chi connectivity index (χ4v) is 3.74. The first-order valence-electron chi connectivity index (χ1n) is 7.47. The van der Waals surface area contributed by atoms with Crippen molar-refractivity contribution in [1.29, 1.82) is 0 Å². The highest BCUT2D eigenvalue weighted by Gasteiger charge is 2.38. The lowest BCUT2D eigenvalue weighted by Gasteiger charge is -2.21. The second-order valence-electron chi connectivity index (χ2n) is 6.12. The Morgan fingerprint density at radius 3 is 2.65 bits per heavy atom. The summed E-state index contributed by atoms with van der Waals surface area (Å²) in [5.74, 6) is 2.22. The van der Waals surface area contributed by atoms with Crippen molar-refractivity contribution in [1.82, 2.24) is 5.32 Å². The van der Waals surface area contributed by atoms with Gasteiger partial charge in [-0.15, -0.1) is 0 Å². The summed E-state index contributed by atoms with van der Waals surface area (Å²) in [5, 5.41) is 6.02. The van der Waals surface area contributed by atoms with Gasteiger partial charge < -0.3 is 10.6 Å². The smallest absolute Gasteiger partial charge is 0.238 e. The monoisotopic (exact) mass is 276 g/mol. The Morgan fingerprint density at radius 1 is 1.20 bits per heavy atom. The molecule has 2 aliphatic carbocycles. The molecule has 3 unspecified atom stereocenters. The molecule has 2 bridgehead atoms. The van der Waals surface area contributed by atoms with Crippen molar-refractivity contribution >= 4 is 11.6 Å². The number of carbonyl (C=O) groups is 1. The molecule has 2 saturated carbocycles. The fourth-order valence-electron chi connectivity index (χ4n) is 3.74. The molecule has 108 valence electrons. The largest absolute Gasteiger partial charge is 0.325 e. The van der Waals surface area contributed by atoms with Crippen LogP contribution in [0.2, 0.25) is 0 Å². The number of fused-ring (bicyclic) bond motifs is 2. The molecule has 1 aromatic carbocycles. The van der Waals surface area contributed by atoms with Gasteiger partial charge in [-0.3, -0.25) is 4.79 Å². The average molecular weight is 276 g/mol. The van der Waals surface area contributed by atoms with Gasteiger partial charge in [0.15, 0.2) is 0 Å². The van der Waals surface area contributed by atoms with Crippen molar-refractivity contribution in [3.63, 3.8) is 0 Å². The number of hydrogen-bond acceptors (Lipinski definition) is 2. The van der Waals surface area contributed by atoms with Crippen LogP contribution < -0.4 is 10.6 Å². The van der Waals surface area contributed by atoms with E-state index in [2.05, 4.69) is 10.6 Å². The van der Waals surface area contributed by atoms with Crippen LogP contribution in [0.5, 0.6) is 0 Å². The normalized spacial score (nSPS) is 27.8. The van der Waals surface area contributed by atoms with Crippen LogP contribution in [-0.2, 0) is 4.79 Å². The van der Waals surface area contributed by atoms with Gasteiger partial charge in [0.2, 0.25) is 5.91 Å². The molecule has 1 aromatic rings. The number of hydrogen-bond donors (Lipinski definition) is 2. The van der Waals surface area contributed by atoms with Crippen LogP contribution in [0.25, 0.3) is 0 Å². The molecule has 0 aromatic heterocycles. The number of halogens is 1. The minimum atomic E-state index is -0.294. The molecule has 4 heteroatoms. The van der Waals surface area contributed by atoms with E-state index >= 15 is 0 Å². The number of amides is 1. The Labute approximate surface area is 118 Å². The topological polar surface area (TPSA) is 41.1 Å². The highest BCUT2D eigenvalue weighted by Crippen LogP contribution is 2.47. The number of carbonyl (C=O) groups excluding carboxylic acids is 1. The van der Waals surface area contributed by atoms with Crippen molar-refractivity contribution in [2.24, 2.45) is 17.8 Å². The van der Waals surface area contributed by atoms with Gasteiger partial charge in [0.05, 0.1) is 6.54 Å². The van der Waals surface area contributed by atoms with E-state index in [4.69, 9.17) is 0 Å². The summed E-state index contributed by atoms with van der Waals surface area (Å²) < 4.78 is 12.7. The first-order valence-corrected chi connectivity index (χ1v) is 7.47. The molecule has 0 spiro atoms. The molecule has 3 rings (SSSR count). The summed E-state index contributed by atoms with van der Waals surface area (Å²) in [7, 11) is 0. The molecular formula is C16H21FN2O. The maximum Gasteiger partial charge on any atom is 0.238 e. The Hall–Kier alpha value is -1.42. The molecule has 2 fully saturated rings. The summed E-state index contributed by atoms with van der Waals surface area (Å²) in [6.07, 6.45) is 5.51. The van der Waals surface area contributed by atoms with E-state index < -0.39 is 0 Å². The predicted octanol–water partition coefficient (Wildman–Crippen LogP) is 2.79. The molecule has 20 heavy (non-hydrogen) atoms. The van der Waals surface area contributed by atoms with Gasteiger partial charge in [0.25, 0.3) is 0 Å². The van der Waals surface area contributed by atoms with Crippen LogP contribution in [0.3, 0.4) is 0 Å². The van der Waals surface area contributed by atoms with Crippen molar-refractivity contribution in [3.8, 4) is 0 Å². The van der Waals surface area contributed by atoms with Crippen molar-refractivity contribution < 1.29 is 9.18 Å². The molecule has 0 heterocycles. The second-order valence-corrected chi connectivity index (χ2v) is 6.12. The van der Waals surface area contributed by atoms with E-state index in [1.165, 1.54) is 37.8 Å². The first kappa shape index (κ1) is 13.6. The molecular weight excluding hydrogens is 255 g/mol. The molecule has 1 amide bonds. The van der Waals surface area contributed by atoms with Gasteiger partial charge in [-0.05, 0) is 67.8 Å². The van der Waals surface area contributed by atoms with Crippen LogP contribution >= 0.6 is 0 Å². The van der Waals surface area contributed by atoms with E-state index in [0.29, 0.717) is 12.2 Å². The number of anilines is 1. The fraction of sp³-hybridized carbons (Fsp3) is 0.562. The Balaban J connectivity index is 1.38. The first-order chi connectivity index (χ1) is 9.70. The van der Waals surface area contributed by atoms with E-state index in [0.717, 1.165) is 24.3 Å². The zero-order valence-electron chi connectivity index (χ0n) is 11.6. The van der Waals surface area contributed by atoms with Gasteiger partial charge in [0.1, 0.15) is 5.82 Å². The number of rotatable bonds is 5. The standard InChI is InChI=1S/C16H21FN2O/c17-14-3-5-15(6-4-14)19-16(20)10-18-9-13-8-11-1-2-12(13)7-11/h3-6,11-13,18H,1-2,7-10H2,(H,19,20). The zero-order chi connectivity index (χ0) is 13.9.